The molecular weight excluding hydrogens is 218 g/mol. The zero-order chi connectivity index (χ0) is 11.5. The molecule has 0 fully saturated rings. The van der Waals surface area contributed by atoms with Crippen molar-refractivity contribution in [2.24, 2.45) is 0 Å². The van der Waals surface area contributed by atoms with E-state index in [1.54, 1.807) is 12.4 Å². The highest BCUT2D eigenvalue weighted by Gasteiger charge is 2.14. The number of hydrogen-bond acceptors (Lipinski definition) is 3. The smallest absolute Gasteiger partial charge is 0.204 e. The van der Waals surface area contributed by atoms with Crippen molar-refractivity contribution in [1.29, 1.82) is 0 Å². The first kappa shape index (κ1) is 11.0. The lowest BCUT2D eigenvalue weighted by atomic mass is 10.1. The minimum Gasteiger partial charge on any atom is -0.288 e. The molecule has 0 unspecified atom stereocenters. The summed E-state index contributed by atoms with van der Waals surface area (Å²) in [4.78, 5) is 17.1. The predicted octanol–water partition coefficient (Wildman–Crippen LogP) is 3.24. The van der Waals surface area contributed by atoms with Gasteiger partial charge in [0.15, 0.2) is 0 Å². The summed E-state index contributed by atoms with van der Waals surface area (Å²) in [5, 5.41) is 1.97. The Hall–Kier alpha value is -1.48. The molecule has 2 nitrogen and oxygen atoms in total. The molecule has 0 saturated carbocycles. The van der Waals surface area contributed by atoms with Crippen LogP contribution < -0.4 is 0 Å². The number of hydrogen-bond donors (Lipinski definition) is 0. The number of rotatable bonds is 3. The van der Waals surface area contributed by atoms with Gasteiger partial charge in [0.1, 0.15) is 0 Å². The van der Waals surface area contributed by atoms with Crippen molar-refractivity contribution < 1.29 is 4.79 Å². The van der Waals surface area contributed by atoms with Crippen LogP contribution in [0.5, 0.6) is 0 Å². The number of aryl methyl sites for hydroxylation is 2. The summed E-state index contributed by atoms with van der Waals surface area (Å²) in [6, 6.07) is 3.90. The predicted molar refractivity (Wildman–Crippen MR) is 66.1 cm³/mol. The Labute approximate surface area is 99.0 Å². The third-order valence-electron chi connectivity index (χ3n) is 2.47. The summed E-state index contributed by atoms with van der Waals surface area (Å²) in [5.41, 5.74) is 2.81. The molecule has 82 valence electrons. The maximum atomic E-state index is 12.2. The van der Waals surface area contributed by atoms with Gasteiger partial charge in [-0.1, -0.05) is 6.92 Å². The lowest BCUT2D eigenvalue weighted by molar-refractivity contribution is 0.104. The van der Waals surface area contributed by atoms with Crippen molar-refractivity contribution in [3.8, 4) is 0 Å². The second kappa shape index (κ2) is 4.58. The molecule has 0 saturated heterocycles. The Morgan fingerprint density at radius 1 is 1.44 bits per heavy atom. The summed E-state index contributed by atoms with van der Waals surface area (Å²) in [5.74, 6) is 0.0862. The Bertz CT molecular complexity index is 516. The lowest BCUT2D eigenvalue weighted by Crippen LogP contribution is -2.02. The van der Waals surface area contributed by atoms with Crippen LogP contribution >= 0.6 is 11.3 Å². The molecule has 3 heteroatoms. The SMILES string of the molecule is CCc1ccsc1C(=O)c1cncc(C)c1. The van der Waals surface area contributed by atoms with Gasteiger partial charge in [-0.3, -0.25) is 9.78 Å². The molecule has 0 radical (unpaired) electrons. The second-order valence-electron chi connectivity index (χ2n) is 3.71. The van der Waals surface area contributed by atoms with Crippen LogP contribution in [0.3, 0.4) is 0 Å². The maximum absolute atomic E-state index is 12.2. The van der Waals surface area contributed by atoms with E-state index in [-0.39, 0.29) is 5.78 Å². The van der Waals surface area contributed by atoms with Gasteiger partial charge >= 0.3 is 0 Å². The molecule has 0 bridgehead atoms. The third-order valence-corrected chi connectivity index (χ3v) is 3.43. The number of carbonyl (C=O) groups excluding carboxylic acids is 1. The molecule has 2 heterocycles. The third kappa shape index (κ3) is 2.04. The zero-order valence-electron chi connectivity index (χ0n) is 9.36. The van der Waals surface area contributed by atoms with Gasteiger partial charge in [-0.25, -0.2) is 0 Å². The van der Waals surface area contributed by atoms with Crippen LogP contribution in [0.4, 0.5) is 0 Å². The fourth-order valence-corrected chi connectivity index (χ4v) is 2.58. The monoisotopic (exact) mass is 231 g/mol. The average Bonchev–Trinajstić information content (AvgIpc) is 2.76. The summed E-state index contributed by atoms with van der Waals surface area (Å²) in [7, 11) is 0. The summed E-state index contributed by atoms with van der Waals surface area (Å²) in [6.07, 6.45) is 4.28. The minimum absolute atomic E-state index is 0.0862. The molecule has 0 amide bonds. The Morgan fingerprint density at radius 3 is 2.94 bits per heavy atom. The Balaban J connectivity index is 2.39. The molecule has 0 aliphatic heterocycles. The van der Waals surface area contributed by atoms with Crippen LogP contribution in [0.2, 0.25) is 0 Å². The number of aromatic nitrogens is 1. The van der Waals surface area contributed by atoms with E-state index in [9.17, 15) is 4.79 Å². The summed E-state index contributed by atoms with van der Waals surface area (Å²) in [6.45, 7) is 4.01. The summed E-state index contributed by atoms with van der Waals surface area (Å²) >= 11 is 1.51. The molecule has 2 rings (SSSR count). The van der Waals surface area contributed by atoms with E-state index < -0.39 is 0 Å². The maximum Gasteiger partial charge on any atom is 0.204 e. The van der Waals surface area contributed by atoms with E-state index in [2.05, 4.69) is 11.9 Å². The molecule has 0 aliphatic carbocycles. The first-order valence-electron chi connectivity index (χ1n) is 5.25. The first-order chi connectivity index (χ1) is 7.72. The normalized spacial score (nSPS) is 10.4. The Morgan fingerprint density at radius 2 is 2.25 bits per heavy atom. The number of thiophene rings is 1. The molecular formula is C13H13NOS. The molecule has 0 aromatic carbocycles. The number of nitrogens with zero attached hydrogens (tertiary/aromatic N) is 1. The van der Waals surface area contributed by atoms with Crippen molar-refractivity contribution >= 4 is 17.1 Å². The molecule has 2 aromatic heterocycles. The van der Waals surface area contributed by atoms with Crippen molar-refractivity contribution in [3.63, 3.8) is 0 Å². The van der Waals surface area contributed by atoms with Crippen LogP contribution in [0.25, 0.3) is 0 Å². The first-order valence-corrected chi connectivity index (χ1v) is 6.13. The number of ketones is 1. The highest BCUT2D eigenvalue weighted by atomic mass is 32.1. The van der Waals surface area contributed by atoms with E-state index in [1.807, 2.05) is 24.4 Å². The molecule has 0 aliphatic rings. The van der Waals surface area contributed by atoms with E-state index >= 15 is 0 Å². The molecule has 0 N–H and O–H groups in total. The fraction of sp³-hybridized carbons (Fsp3) is 0.231. The van der Waals surface area contributed by atoms with Gasteiger partial charge in [0, 0.05) is 18.0 Å². The second-order valence-corrected chi connectivity index (χ2v) is 4.62. The molecule has 0 spiro atoms. The number of carbonyl (C=O) groups is 1. The lowest BCUT2D eigenvalue weighted by Gasteiger charge is -2.01. The average molecular weight is 231 g/mol. The molecule has 0 atom stereocenters. The van der Waals surface area contributed by atoms with Gasteiger partial charge in [0.2, 0.25) is 5.78 Å². The van der Waals surface area contributed by atoms with E-state index in [1.165, 1.54) is 11.3 Å². The van der Waals surface area contributed by atoms with E-state index in [4.69, 9.17) is 0 Å². The fourth-order valence-electron chi connectivity index (χ4n) is 1.62. The summed E-state index contributed by atoms with van der Waals surface area (Å²) < 4.78 is 0. The van der Waals surface area contributed by atoms with Gasteiger partial charge < -0.3 is 0 Å². The largest absolute Gasteiger partial charge is 0.288 e. The van der Waals surface area contributed by atoms with Gasteiger partial charge in [-0.2, -0.15) is 0 Å². The van der Waals surface area contributed by atoms with Crippen LogP contribution in [-0.4, -0.2) is 10.8 Å². The van der Waals surface area contributed by atoms with E-state index in [0.29, 0.717) is 5.56 Å². The quantitative estimate of drug-likeness (QED) is 0.759. The standard InChI is InChI=1S/C13H13NOS/c1-3-10-4-5-16-13(10)12(15)11-6-9(2)7-14-8-11/h4-8H,3H2,1-2H3. The zero-order valence-corrected chi connectivity index (χ0v) is 10.2. The number of pyridine rings is 1. The van der Waals surface area contributed by atoms with Gasteiger partial charge in [0.05, 0.1) is 4.88 Å². The van der Waals surface area contributed by atoms with Crippen molar-refractivity contribution in [2.75, 3.05) is 0 Å². The van der Waals surface area contributed by atoms with Crippen molar-refractivity contribution in [3.05, 3.63) is 51.5 Å². The Kier molecular flexibility index (Phi) is 3.15. The molecule has 16 heavy (non-hydrogen) atoms. The van der Waals surface area contributed by atoms with Crippen LogP contribution in [0.1, 0.15) is 33.3 Å². The highest BCUT2D eigenvalue weighted by molar-refractivity contribution is 7.12. The molecule has 2 aromatic rings. The topological polar surface area (TPSA) is 30.0 Å². The van der Waals surface area contributed by atoms with Crippen LogP contribution in [-0.2, 0) is 6.42 Å². The van der Waals surface area contributed by atoms with Gasteiger partial charge in [0.25, 0.3) is 0 Å². The van der Waals surface area contributed by atoms with Crippen LogP contribution in [0, 0.1) is 6.92 Å². The van der Waals surface area contributed by atoms with Crippen LogP contribution in [0.15, 0.2) is 29.9 Å². The van der Waals surface area contributed by atoms with Crippen molar-refractivity contribution in [2.45, 2.75) is 20.3 Å². The van der Waals surface area contributed by atoms with E-state index in [0.717, 1.165) is 22.4 Å². The van der Waals surface area contributed by atoms with Crippen molar-refractivity contribution in [1.82, 2.24) is 4.98 Å². The highest BCUT2D eigenvalue weighted by Crippen LogP contribution is 2.21. The van der Waals surface area contributed by atoms with Gasteiger partial charge in [-0.05, 0) is 42.0 Å². The van der Waals surface area contributed by atoms with Gasteiger partial charge in [-0.15, -0.1) is 11.3 Å². The minimum atomic E-state index is 0.0862.